The van der Waals surface area contributed by atoms with Gasteiger partial charge in [0.1, 0.15) is 0 Å². The summed E-state index contributed by atoms with van der Waals surface area (Å²) < 4.78 is 5.29. The van der Waals surface area contributed by atoms with Crippen LogP contribution in [0.4, 0.5) is 5.69 Å². The molecule has 0 aliphatic heterocycles. The monoisotopic (exact) mass is 400 g/mol. The fraction of sp³-hybridized carbons (Fsp3) is 0.263. The molecular weight excluding hydrogens is 384 g/mol. The molecule has 0 saturated heterocycles. The van der Waals surface area contributed by atoms with Crippen molar-refractivity contribution in [3.8, 4) is 11.5 Å². The number of nitrogens with one attached hydrogen (secondary N) is 1. The minimum Gasteiger partial charge on any atom is -0.334 e. The van der Waals surface area contributed by atoms with Crippen LogP contribution in [0.5, 0.6) is 0 Å². The van der Waals surface area contributed by atoms with Crippen molar-refractivity contribution in [1.82, 2.24) is 15.1 Å². The van der Waals surface area contributed by atoms with E-state index in [1.807, 2.05) is 25.1 Å². The van der Waals surface area contributed by atoms with E-state index in [0.29, 0.717) is 16.8 Å². The number of amides is 1. The van der Waals surface area contributed by atoms with Crippen LogP contribution in [-0.2, 0) is 4.79 Å². The first-order valence-electron chi connectivity index (χ1n) is 8.57. The van der Waals surface area contributed by atoms with E-state index in [-0.39, 0.29) is 11.7 Å². The number of pyridine rings is 1. The minimum atomic E-state index is -0.0951. The molecule has 1 N–H and O–H groups in total. The van der Waals surface area contributed by atoms with Gasteiger partial charge >= 0.3 is 0 Å². The number of benzene rings is 1. The van der Waals surface area contributed by atoms with Crippen LogP contribution in [0.2, 0.25) is 5.02 Å². The maximum Gasteiger partial charge on any atom is 0.259 e. The van der Waals surface area contributed by atoms with Gasteiger partial charge in [-0.1, -0.05) is 28.5 Å². The average Bonchev–Trinajstić information content (AvgIpc) is 3.40. The number of hydrogen-bond donors (Lipinski definition) is 1. The molecule has 1 amide bonds. The Morgan fingerprint density at radius 1 is 1.33 bits per heavy atom. The topological polar surface area (TPSA) is 80.9 Å². The van der Waals surface area contributed by atoms with Crippen LogP contribution < -0.4 is 5.32 Å². The van der Waals surface area contributed by atoms with Crippen LogP contribution in [0.1, 0.15) is 30.1 Å². The van der Waals surface area contributed by atoms with E-state index in [0.717, 1.165) is 40.5 Å². The van der Waals surface area contributed by atoms with Crippen molar-refractivity contribution in [3.63, 3.8) is 0 Å². The highest BCUT2D eigenvalue weighted by molar-refractivity contribution is 7.99. The normalized spacial score (nSPS) is 13.6. The van der Waals surface area contributed by atoms with E-state index in [1.165, 1.54) is 11.8 Å². The zero-order valence-corrected chi connectivity index (χ0v) is 16.2. The molecule has 0 spiro atoms. The molecule has 1 aliphatic carbocycles. The quantitative estimate of drug-likeness (QED) is 0.604. The van der Waals surface area contributed by atoms with Crippen molar-refractivity contribution in [1.29, 1.82) is 0 Å². The molecule has 3 aromatic rings. The van der Waals surface area contributed by atoms with Crippen LogP contribution in [0.25, 0.3) is 11.5 Å². The molecule has 2 heterocycles. The van der Waals surface area contributed by atoms with E-state index < -0.39 is 0 Å². The average molecular weight is 401 g/mol. The zero-order chi connectivity index (χ0) is 18.8. The van der Waals surface area contributed by atoms with Crippen LogP contribution in [0.15, 0.2) is 46.1 Å². The fourth-order valence-corrected chi connectivity index (χ4v) is 3.41. The molecule has 1 aromatic carbocycles. The maximum absolute atomic E-state index is 12.2. The van der Waals surface area contributed by atoms with E-state index in [9.17, 15) is 4.79 Å². The third kappa shape index (κ3) is 4.48. The molecule has 1 fully saturated rings. The van der Waals surface area contributed by atoms with Gasteiger partial charge in [0.05, 0.1) is 16.3 Å². The lowest BCUT2D eigenvalue weighted by Crippen LogP contribution is -2.14. The van der Waals surface area contributed by atoms with Crippen molar-refractivity contribution in [3.05, 3.63) is 52.9 Å². The van der Waals surface area contributed by atoms with Gasteiger partial charge in [-0.2, -0.15) is 4.98 Å². The van der Waals surface area contributed by atoms with E-state index in [2.05, 4.69) is 20.4 Å². The Morgan fingerprint density at radius 2 is 2.19 bits per heavy atom. The Kier molecular flexibility index (Phi) is 5.13. The second kappa shape index (κ2) is 7.70. The van der Waals surface area contributed by atoms with Crippen molar-refractivity contribution in [2.45, 2.75) is 30.7 Å². The molecule has 8 heteroatoms. The first-order chi connectivity index (χ1) is 13.1. The SMILES string of the molecule is Cc1cc(Cl)ccc1NC(=O)CSc1ccc(-c2nc(C3CC3)no2)cn1. The molecule has 0 bridgehead atoms. The Morgan fingerprint density at radius 3 is 2.89 bits per heavy atom. The van der Waals surface area contributed by atoms with Crippen molar-refractivity contribution >= 4 is 35.0 Å². The number of hydrogen-bond acceptors (Lipinski definition) is 6. The van der Waals surface area contributed by atoms with Gasteiger partial charge < -0.3 is 9.84 Å². The van der Waals surface area contributed by atoms with E-state index in [4.69, 9.17) is 16.1 Å². The minimum absolute atomic E-state index is 0.0951. The molecule has 2 aromatic heterocycles. The molecule has 138 valence electrons. The van der Waals surface area contributed by atoms with Gasteiger partial charge in [0.2, 0.25) is 5.91 Å². The van der Waals surface area contributed by atoms with Crippen molar-refractivity contribution in [2.75, 3.05) is 11.1 Å². The first-order valence-corrected chi connectivity index (χ1v) is 9.93. The summed E-state index contributed by atoms with van der Waals surface area (Å²) in [5.41, 5.74) is 2.46. The third-order valence-corrected chi connectivity index (χ3v) is 5.36. The summed E-state index contributed by atoms with van der Waals surface area (Å²) in [5, 5.41) is 8.29. The van der Waals surface area contributed by atoms with Crippen LogP contribution >= 0.6 is 23.4 Å². The number of aromatic nitrogens is 3. The van der Waals surface area contributed by atoms with Gasteiger partial charge in [0, 0.05) is 22.8 Å². The Labute approximate surface area is 165 Å². The smallest absolute Gasteiger partial charge is 0.259 e. The first kappa shape index (κ1) is 18.0. The molecule has 6 nitrogen and oxygen atoms in total. The summed E-state index contributed by atoms with van der Waals surface area (Å²) in [6, 6.07) is 9.09. The van der Waals surface area contributed by atoms with Gasteiger partial charge in [0.15, 0.2) is 5.82 Å². The second-order valence-corrected chi connectivity index (χ2v) is 7.85. The summed E-state index contributed by atoms with van der Waals surface area (Å²) in [5.74, 6) is 1.88. The van der Waals surface area contributed by atoms with Crippen molar-refractivity contribution < 1.29 is 9.32 Å². The summed E-state index contributed by atoms with van der Waals surface area (Å²) in [6.45, 7) is 1.90. The van der Waals surface area contributed by atoms with E-state index >= 15 is 0 Å². The van der Waals surface area contributed by atoms with Crippen LogP contribution in [-0.4, -0.2) is 26.8 Å². The molecule has 27 heavy (non-hydrogen) atoms. The Balaban J connectivity index is 1.33. The lowest BCUT2D eigenvalue weighted by Gasteiger charge is -2.08. The van der Waals surface area contributed by atoms with Gasteiger partial charge in [-0.05, 0) is 55.7 Å². The number of nitrogens with zero attached hydrogens (tertiary/aromatic N) is 3. The summed E-state index contributed by atoms with van der Waals surface area (Å²) in [4.78, 5) is 20.9. The van der Waals surface area contributed by atoms with E-state index in [1.54, 1.807) is 18.3 Å². The van der Waals surface area contributed by atoms with Gasteiger partial charge in [0.25, 0.3) is 5.89 Å². The third-order valence-electron chi connectivity index (χ3n) is 4.18. The number of halogens is 1. The number of aryl methyl sites for hydroxylation is 1. The number of carbonyl (C=O) groups excluding carboxylic acids is 1. The second-order valence-electron chi connectivity index (χ2n) is 6.41. The molecule has 0 unspecified atom stereocenters. The highest BCUT2D eigenvalue weighted by atomic mass is 35.5. The number of rotatable bonds is 6. The summed E-state index contributed by atoms with van der Waals surface area (Å²) in [7, 11) is 0. The number of anilines is 1. The standard InChI is InChI=1S/C19H17ClN4O2S/c1-11-8-14(20)5-6-15(11)22-16(25)10-27-17-7-4-13(9-21-17)19-23-18(24-26-19)12-2-3-12/h4-9,12H,2-3,10H2,1H3,(H,22,25). The van der Waals surface area contributed by atoms with Gasteiger partial charge in [-0.25, -0.2) is 4.98 Å². The summed E-state index contributed by atoms with van der Waals surface area (Å²) >= 11 is 7.30. The molecule has 0 atom stereocenters. The zero-order valence-electron chi connectivity index (χ0n) is 14.6. The fourth-order valence-electron chi connectivity index (χ4n) is 2.54. The maximum atomic E-state index is 12.2. The predicted octanol–water partition coefficient (Wildman–Crippen LogP) is 4.70. The van der Waals surface area contributed by atoms with Crippen LogP contribution in [0.3, 0.4) is 0 Å². The molecular formula is C19H17ClN4O2S. The molecule has 1 saturated carbocycles. The highest BCUT2D eigenvalue weighted by Gasteiger charge is 2.29. The lowest BCUT2D eigenvalue weighted by molar-refractivity contribution is -0.113. The Hall–Kier alpha value is -2.38. The molecule has 4 rings (SSSR count). The largest absolute Gasteiger partial charge is 0.334 e. The molecule has 0 radical (unpaired) electrons. The highest BCUT2D eigenvalue weighted by Crippen LogP contribution is 2.38. The van der Waals surface area contributed by atoms with Crippen LogP contribution in [0, 0.1) is 6.92 Å². The van der Waals surface area contributed by atoms with Gasteiger partial charge in [-0.3, -0.25) is 4.79 Å². The Bertz CT molecular complexity index is 970. The van der Waals surface area contributed by atoms with Crippen molar-refractivity contribution in [2.24, 2.45) is 0 Å². The number of carbonyl (C=O) groups is 1. The molecule has 1 aliphatic rings. The summed E-state index contributed by atoms with van der Waals surface area (Å²) in [6.07, 6.45) is 3.95. The predicted molar refractivity (Wildman–Crippen MR) is 105 cm³/mol. The lowest BCUT2D eigenvalue weighted by atomic mass is 10.2. The number of thioether (sulfide) groups is 1. The van der Waals surface area contributed by atoms with Gasteiger partial charge in [-0.15, -0.1) is 0 Å².